The van der Waals surface area contributed by atoms with Crippen LogP contribution in [0, 0.1) is 5.92 Å². The summed E-state index contributed by atoms with van der Waals surface area (Å²) in [6.07, 6.45) is 0.248. The lowest BCUT2D eigenvalue weighted by molar-refractivity contribution is -0.157. The van der Waals surface area contributed by atoms with Crippen LogP contribution in [0.2, 0.25) is 0 Å². The first-order valence-electron chi connectivity index (χ1n) is 9.68. The van der Waals surface area contributed by atoms with Gasteiger partial charge in [0, 0.05) is 5.92 Å². The van der Waals surface area contributed by atoms with Gasteiger partial charge in [0.05, 0.1) is 52.9 Å². The Labute approximate surface area is 163 Å². The summed E-state index contributed by atoms with van der Waals surface area (Å²) < 4.78 is 27.1. The van der Waals surface area contributed by atoms with E-state index in [4.69, 9.17) is 23.7 Å². The average Bonchev–Trinajstić information content (AvgIpc) is 2.69. The molecule has 1 rings (SSSR count). The minimum atomic E-state index is -0.559. The van der Waals surface area contributed by atoms with E-state index in [1.165, 1.54) is 0 Å². The Morgan fingerprint density at radius 3 is 2.19 bits per heavy atom. The van der Waals surface area contributed by atoms with Crippen LogP contribution >= 0.6 is 0 Å². The Bertz CT molecular complexity index is 479. The highest BCUT2D eigenvalue weighted by Crippen LogP contribution is 2.01. The second-order valence-corrected chi connectivity index (χ2v) is 6.47. The van der Waals surface area contributed by atoms with E-state index >= 15 is 0 Å². The predicted molar refractivity (Wildman–Crippen MR) is 104 cm³/mol. The zero-order valence-electron chi connectivity index (χ0n) is 16.9. The number of carbonyl (C=O) groups excluding carboxylic acids is 1. The lowest BCUT2D eigenvalue weighted by Crippen LogP contribution is -2.25. The molecule has 1 unspecified atom stereocenters. The molecular formula is C21H34O6. The quantitative estimate of drug-likeness (QED) is 0.323. The van der Waals surface area contributed by atoms with Crippen LogP contribution in [0.4, 0.5) is 0 Å². The Balaban J connectivity index is 1.91. The monoisotopic (exact) mass is 382 g/mol. The van der Waals surface area contributed by atoms with Gasteiger partial charge in [-0.25, -0.2) is 4.79 Å². The third kappa shape index (κ3) is 12.5. The van der Waals surface area contributed by atoms with Gasteiger partial charge in [0.15, 0.2) is 6.10 Å². The minimum Gasteiger partial charge on any atom is -0.464 e. The van der Waals surface area contributed by atoms with Crippen LogP contribution in [0.3, 0.4) is 0 Å². The van der Waals surface area contributed by atoms with Crippen molar-refractivity contribution in [2.24, 2.45) is 5.92 Å². The molecule has 0 aliphatic heterocycles. The molecule has 0 bridgehead atoms. The molecule has 0 N–H and O–H groups in total. The van der Waals surface area contributed by atoms with Gasteiger partial charge in [-0.3, -0.25) is 0 Å². The molecular weight excluding hydrogens is 348 g/mol. The van der Waals surface area contributed by atoms with Crippen molar-refractivity contribution in [3.8, 4) is 0 Å². The van der Waals surface area contributed by atoms with Gasteiger partial charge in [0.25, 0.3) is 0 Å². The second-order valence-electron chi connectivity index (χ2n) is 6.47. The molecule has 0 amide bonds. The average molecular weight is 382 g/mol. The maximum Gasteiger partial charge on any atom is 0.334 e. The largest absolute Gasteiger partial charge is 0.464 e. The van der Waals surface area contributed by atoms with Crippen LogP contribution in [0.5, 0.6) is 0 Å². The van der Waals surface area contributed by atoms with Gasteiger partial charge in [0.1, 0.15) is 0 Å². The molecule has 0 aliphatic carbocycles. The van der Waals surface area contributed by atoms with Crippen LogP contribution in [-0.2, 0) is 35.1 Å². The van der Waals surface area contributed by atoms with Gasteiger partial charge >= 0.3 is 5.97 Å². The van der Waals surface area contributed by atoms with Gasteiger partial charge in [-0.1, -0.05) is 44.2 Å². The molecule has 0 heterocycles. The van der Waals surface area contributed by atoms with E-state index in [0.29, 0.717) is 52.9 Å². The number of rotatable bonds is 16. The Morgan fingerprint density at radius 2 is 1.52 bits per heavy atom. The summed E-state index contributed by atoms with van der Waals surface area (Å²) in [6, 6.07) is 10.1. The standard InChI is InChI=1S/C21H34O6/c1-4-10-27-21(22)19(3)26-14-13-24-16-18(2)15-23-11-12-25-17-20-8-6-5-7-9-20/h5-9,18-19H,4,10-17H2,1-3H3/t18?,19-/m0/s1. The third-order valence-corrected chi connectivity index (χ3v) is 3.66. The zero-order chi connectivity index (χ0) is 19.7. The molecule has 6 nitrogen and oxygen atoms in total. The Kier molecular flexibility index (Phi) is 13.6. The van der Waals surface area contributed by atoms with Crippen molar-refractivity contribution in [1.29, 1.82) is 0 Å². The maximum atomic E-state index is 11.5. The van der Waals surface area contributed by atoms with Crippen LogP contribution in [-0.4, -0.2) is 58.3 Å². The van der Waals surface area contributed by atoms with Crippen molar-refractivity contribution in [3.63, 3.8) is 0 Å². The SMILES string of the molecule is CCCOC(=O)[C@H](C)OCCOCC(C)COCCOCc1ccccc1. The van der Waals surface area contributed by atoms with E-state index in [2.05, 4.69) is 6.92 Å². The minimum absolute atomic E-state index is 0.283. The van der Waals surface area contributed by atoms with E-state index < -0.39 is 6.10 Å². The molecule has 0 spiro atoms. The highest BCUT2D eigenvalue weighted by atomic mass is 16.6. The molecule has 2 atom stereocenters. The zero-order valence-corrected chi connectivity index (χ0v) is 16.9. The van der Waals surface area contributed by atoms with Gasteiger partial charge in [-0.05, 0) is 18.9 Å². The fraction of sp³-hybridized carbons (Fsp3) is 0.667. The van der Waals surface area contributed by atoms with Crippen molar-refractivity contribution in [3.05, 3.63) is 35.9 Å². The van der Waals surface area contributed by atoms with Crippen molar-refractivity contribution >= 4 is 5.97 Å². The first-order chi connectivity index (χ1) is 13.1. The summed E-state index contributed by atoms with van der Waals surface area (Å²) in [6.45, 7) is 9.89. The first-order valence-corrected chi connectivity index (χ1v) is 9.68. The Morgan fingerprint density at radius 1 is 0.889 bits per heavy atom. The van der Waals surface area contributed by atoms with Gasteiger partial charge in [-0.15, -0.1) is 0 Å². The van der Waals surface area contributed by atoms with Gasteiger partial charge < -0.3 is 23.7 Å². The number of ether oxygens (including phenoxy) is 5. The van der Waals surface area contributed by atoms with Crippen LogP contribution in [0.1, 0.15) is 32.8 Å². The van der Waals surface area contributed by atoms with Gasteiger partial charge in [-0.2, -0.15) is 0 Å². The molecule has 1 aromatic rings. The van der Waals surface area contributed by atoms with Crippen LogP contribution < -0.4 is 0 Å². The summed E-state index contributed by atoms with van der Waals surface area (Å²) in [5.74, 6) is -0.0424. The molecule has 0 saturated heterocycles. The number of benzene rings is 1. The van der Waals surface area contributed by atoms with Crippen molar-refractivity contribution < 1.29 is 28.5 Å². The van der Waals surface area contributed by atoms with Crippen molar-refractivity contribution in [1.82, 2.24) is 0 Å². The maximum absolute atomic E-state index is 11.5. The summed E-state index contributed by atoms with van der Waals surface area (Å²) in [4.78, 5) is 11.5. The Hall–Kier alpha value is -1.47. The van der Waals surface area contributed by atoms with Crippen LogP contribution in [0.15, 0.2) is 30.3 Å². The van der Waals surface area contributed by atoms with E-state index in [1.54, 1.807) is 6.92 Å². The number of hydrogen-bond donors (Lipinski definition) is 0. The smallest absolute Gasteiger partial charge is 0.334 e. The number of esters is 1. The molecule has 0 radical (unpaired) electrons. The van der Waals surface area contributed by atoms with E-state index in [9.17, 15) is 4.79 Å². The number of carbonyl (C=O) groups is 1. The third-order valence-electron chi connectivity index (χ3n) is 3.66. The highest BCUT2D eigenvalue weighted by Gasteiger charge is 2.14. The van der Waals surface area contributed by atoms with Crippen molar-refractivity contribution in [2.75, 3.05) is 46.2 Å². The molecule has 1 aromatic carbocycles. The van der Waals surface area contributed by atoms with E-state index in [-0.39, 0.29) is 11.9 Å². The summed E-state index contributed by atoms with van der Waals surface area (Å²) >= 11 is 0. The van der Waals surface area contributed by atoms with E-state index in [0.717, 1.165) is 12.0 Å². The lowest BCUT2D eigenvalue weighted by atomic mass is 10.2. The predicted octanol–water partition coefficient (Wildman–Crippen LogP) is 3.23. The molecule has 154 valence electrons. The summed E-state index contributed by atoms with van der Waals surface area (Å²) in [7, 11) is 0. The highest BCUT2D eigenvalue weighted by molar-refractivity contribution is 5.74. The van der Waals surface area contributed by atoms with Crippen molar-refractivity contribution in [2.45, 2.75) is 39.9 Å². The molecule has 6 heteroatoms. The van der Waals surface area contributed by atoms with Gasteiger partial charge in [0.2, 0.25) is 0 Å². The molecule has 0 aromatic heterocycles. The summed E-state index contributed by atoms with van der Waals surface area (Å²) in [5.41, 5.74) is 1.16. The lowest BCUT2D eigenvalue weighted by Gasteiger charge is -2.14. The normalized spacial score (nSPS) is 13.3. The molecule has 0 aliphatic rings. The fourth-order valence-corrected chi connectivity index (χ4v) is 2.17. The molecule has 0 saturated carbocycles. The summed E-state index contributed by atoms with van der Waals surface area (Å²) in [5, 5.41) is 0. The topological polar surface area (TPSA) is 63.2 Å². The van der Waals surface area contributed by atoms with Crippen LogP contribution in [0.25, 0.3) is 0 Å². The molecule has 0 fully saturated rings. The fourth-order valence-electron chi connectivity index (χ4n) is 2.17. The van der Waals surface area contributed by atoms with E-state index in [1.807, 2.05) is 37.3 Å². The second kappa shape index (κ2) is 15.6. The number of hydrogen-bond acceptors (Lipinski definition) is 6. The molecule has 27 heavy (non-hydrogen) atoms. The first kappa shape index (κ1) is 23.6.